The summed E-state index contributed by atoms with van der Waals surface area (Å²) in [5.41, 5.74) is 2.21. The average molecular weight is 364 g/mol. The van der Waals surface area contributed by atoms with Crippen molar-refractivity contribution in [2.45, 2.75) is 50.5 Å². The fourth-order valence-electron chi connectivity index (χ4n) is 2.64. The van der Waals surface area contributed by atoms with E-state index in [4.69, 9.17) is 4.74 Å². The van der Waals surface area contributed by atoms with Crippen LogP contribution in [0, 0.1) is 13.8 Å². The van der Waals surface area contributed by atoms with Crippen molar-refractivity contribution in [1.29, 1.82) is 0 Å². The lowest BCUT2D eigenvalue weighted by Gasteiger charge is -2.12. The molecule has 2 rings (SSSR count). The van der Waals surface area contributed by atoms with Gasteiger partial charge in [-0.3, -0.25) is 14.9 Å². The molecule has 1 aromatic rings. The van der Waals surface area contributed by atoms with Gasteiger partial charge >= 0.3 is 12.0 Å². The summed E-state index contributed by atoms with van der Waals surface area (Å²) >= 11 is 1.37. The Bertz CT molecular complexity index is 642. The van der Waals surface area contributed by atoms with Crippen LogP contribution in [0.3, 0.4) is 0 Å². The molecule has 1 aliphatic rings. The Kier molecular flexibility index (Phi) is 7.31. The molecular formula is C18H24N2O4S. The number of urea groups is 1. The summed E-state index contributed by atoms with van der Waals surface area (Å²) in [5.74, 6) is -0.996. The predicted octanol–water partition coefficient (Wildman–Crippen LogP) is 2.71. The number of rotatable bonds is 6. The zero-order valence-corrected chi connectivity index (χ0v) is 15.4. The van der Waals surface area contributed by atoms with Crippen molar-refractivity contribution >= 4 is 29.7 Å². The maximum absolute atomic E-state index is 11.8. The maximum atomic E-state index is 11.8. The average Bonchev–Trinajstić information content (AvgIpc) is 3.06. The highest BCUT2D eigenvalue weighted by molar-refractivity contribution is 8.00. The van der Waals surface area contributed by atoms with Crippen LogP contribution in [0.15, 0.2) is 23.1 Å². The first-order valence-electron chi connectivity index (χ1n) is 8.40. The smallest absolute Gasteiger partial charge is 0.321 e. The minimum Gasteiger partial charge on any atom is -0.455 e. The summed E-state index contributed by atoms with van der Waals surface area (Å²) in [6.45, 7) is 3.51. The van der Waals surface area contributed by atoms with Gasteiger partial charge in [0.15, 0.2) is 6.61 Å². The standard InChI is InChI=1S/C18H24N2O4S/c1-12-7-8-13(2)15(9-12)25-11-17(22)24-10-16(21)20-18(23)19-14-5-3-4-6-14/h7-9,14H,3-6,10-11H2,1-2H3,(H2,19,20,21,23). The van der Waals surface area contributed by atoms with E-state index in [1.165, 1.54) is 11.8 Å². The number of aryl methyl sites for hydroxylation is 2. The first kappa shape index (κ1) is 19.3. The molecule has 1 saturated carbocycles. The van der Waals surface area contributed by atoms with E-state index in [9.17, 15) is 14.4 Å². The van der Waals surface area contributed by atoms with E-state index < -0.39 is 24.5 Å². The second-order valence-corrected chi connectivity index (χ2v) is 7.24. The molecule has 25 heavy (non-hydrogen) atoms. The van der Waals surface area contributed by atoms with Gasteiger partial charge in [-0.1, -0.05) is 30.5 Å². The van der Waals surface area contributed by atoms with Gasteiger partial charge in [-0.25, -0.2) is 4.79 Å². The van der Waals surface area contributed by atoms with E-state index in [1.54, 1.807) is 0 Å². The predicted molar refractivity (Wildman–Crippen MR) is 96.5 cm³/mol. The molecule has 0 unspecified atom stereocenters. The van der Waals surface area contributed by atoms with Gasteiger partial charge in [0.1, 0.15) is 0 Å². The molecule has 0 atom stereocenters. The Labute approximate surface area is 152 Å². The molecule has 2 N–H and O–H groups in total. The van der Waals surface area contributed by atoms with Gasteiger partial charge in [0.05, 0.1) is 5.75 Å². The Morgan fingerprint density at radius 3 is 2.64 bits per heavy atom. The normalized spacial score (nSPS) is 14.2. The number of nitrogens with one attached hydrogen (secondary N) is 2. The van der Waals surface area contributed by atoms with Gasteiger partial charge in [0.25, 0.3) is 5.91 Å². The second-order valence-electron chi connectivity index (χ2n) is 6.22. The van der Waals surface area contributed by atoms with E-state index in [0.717, 1.165) is 41.7 Å². The molecule has 0 aliphatic heterocycles. The molecule has 7 heteroatoms. The van der Waals surface area contributed by atoms with E-state index in [0.29, 0.717) is 0 Å². The van der Waals surface area contributed by atoms with Crippen molar-refractivity contribution < 1.29 is 19.1 Å². The van der Waals surface area contributed by atoms with Crippen molar-refractivity contribution in [3.8, 4) is 0 Å². The molecule has 0 heterocycles. The van der Waals surface area contributed by atoms with Gasteiger partial charge in [-0.05, 0) is 38.3 Å². The van der Waals surface area contributed by atoms with Crippen molar-refractivity contribution in [3.05, 3.63) is 29.3 Å². The fraction of sp³-hybridized carbons (Fsp3) is 0.500. The third kappa shape index (κ3) is 6.78. The molecule has 6 nitrogen and oxygen atoms in total. The number of benzene rings is 1. The Hall–Kier alpha value is -2.02. The highest BCUT2D eigenvalue weighted by Gasteiger charge is 2.18. The van der Waals surface area contributed by atoms with Crippen molar-refractivity contribution in [2.75, 3.05) is 12.4 Å². The topological polar surface area (TPSA) is 84.5 Å². The lowest BCUT2D eigenvalue weighted by atomic mass is 10.2. The molecule has 0 saturated heterocycles. The number of hydrogen-bond acceptors (Lipinski definition) is 5. The van der Waals surface area contributed by atoms with Crippen LogP contribution in [0.4, 0.5) is 4.79 Å². The molecule has 0 radical (unpaired) electrons. The molecule has 0 bridgehead atoms. The monoisotopic (exact) mass is 364 g/mol. The summed E-state index contributed by atoms with van der Waals surface area (Å²) < 4.78 is 4.91. The largest absolute Gasteiger partial charge is 0.455 e. The van der Waals surface area contributed by atoms with Crippen molar-refractivity contribution in [2.24, 2.45) is 0 Å². The van der Waals surface area contributed by atoms with Crippen LogP contribution in [0.5, 0.6) is 0 Å². The van der Waals surface area contributed by atoms with Crippen molar-refractivity contribution in [1.82, 2.24) is 10.6 Å². The van der Waals surface area contributed by atoms with Gasteiger partial charge < -0.3 is 10.1 Å². The lowest BCUT2D eigenvalue weighted by Crippen LogP contribution is -2.45. The van der Waals surface area contributed by atoms with Crippen molar-refractivity contribution in [3.63, 3.8) is 0 Å². The zero-order chi connectivity index (χ0) is 18.2. The highest BCUT2D eigenvalue weighted by Crippen LogP contribution is 2.23. The SMILES string of the molecule is Cc1ccc(C)c(SCC(=O)OCC(=O)NC(=O)NC2CCCC2)c1. The quantitative estimate of drug-likeness (QED) is 0.599. The van der Waals surface area contributed by atoms with E-state index in [1.807, 2.05) is 32.0 Å². The number of ether oxygens (including phenoxy) is 1. The number of esters is 1. The third-order valence-electron chi connectivity index (χ3n) is 4.00. The minimum absolute atomic E-state index is 0.117. The van der Waals surface area contributed by atoms with Crippen LogP contribution in [-0.2, 0) is 14.3 Å². The summed E-state index contributed by atoms with van der Waals surface area (Å²) in [6.07, 6.45) is 4.06. The molecule has 1 fully saturated rings. The lowest BCUT2D eigenvalue weighted by molar-refractivity contribution is -0.145. The summed E-state index contributed by atoms with van der Waals surface area (Å²) in [7, 11) is 0. The summed E-state index contributed by atoms with van der Waals surface area (Å²) in [5, 5.41) is 4.92. The first-order chi connectivity index (χ1) is 11.9. The van der Waals surface area contributed by atoms with Crippen LogP contribution in [0.1, 0.15) is 36.8 Å². The van der Waals surface area contributed by atoms with Crippen LogP contribution in [0.25, 0.3) is 0 Å². The Morgan fingerprint density at radius 2 is 1.92 bits per heavy atom. The minimum atomic E-state index is -0.624. The van der Waals surface area contributed by atoms with Gasteiger partial charge in [0.2, 0.25) is 0 Å². The fourth-order valence-corrected chi connectivity index (χ4v) is 3.56. The second kappa shape index (κ2) is 9.46. The molecular weight excluding hydrogens is 340 g/mol. The van der Waals surface area contributed by atoms with Crippen LogP contribution >= 0.6 is 11.8 Å². The highest BCUT2D eigenvalue weighted by atomic mass is 32.2. The molecule has 0 spiro atoms. The summed E-state index contributed by atoms with van der Waals surface area (Å²) in [6, 6.07) is 5.62. The number of thioether (sulfide) groups is 1. The Morgan fingerprint density at radius 1 is 1.20 bits per heavy atom. The van der Waals surface area contributed by atoms with E-state index in [2.05, 4.69) is 10.6 Å². The van der Waals surface area contributed by atoms with Gasteiger partial charge in [-0.15, -0.1) is 11.8 Å². The third-order valence-corrected chi connectivity index (χ3v) is 5.13. The molecule has 0 aromatic heterocycles. The van der Waals surface area contributed by atoms with Crippen LogP contribution in [-0.4, -0.2) is 36.3 Å². The Balaban J connectivity index is 1.65. The number of carbonyl (C=O) groups excluding carboxylic acids is 3. The van der Waals surface area contributed by atoms with Gasteiger partial charge in [0, 0.05) is 10.9 Å². The molecule has 136 valence electrons. The zero-order valence-electron chi connectivity index (χ0n) is 14.6. The number of imide groups is 1. The van der Waals surface area contributed by atoms with E-state index in [-0.39, 0.29) is 11.8 Å². The summed E-state index contributed by atoms with van der Waals surface area (Å²) in [4.78, 5) is 36.1. The number of carbonyl (C=O) groups is 3. The number of hydrogen-bond donors (Lipinski definition) is 2. The van der Waals surface area contributed by atoms with E-state index >= 15 is 0 Å². The maximum Gasteiger partial charge on any atom is 0.321 e. The number of amides is 3. The van der Waals surface area contributed by atoms with Gasteiger partial charge in [-0.2, -0.15) is 0 Å². The molecule has 1 aromatic carbocycles. The van der Waals surface area contributed by atoms with Crippen LogP contribution < -0.4 is 10.6 Å². The molecule has 1 aliphatic carbocycles. The molecule has 3 amide bonds. The van der Waals surface area contributed by atoms with Crippen LogP contribution in [0.2, 0.25) is 0 Å². The first-order valence-corrected chi connectivity index (χ1v) is 9.38.